The van der Waals surface area contributed by atoms with Crippen LogP contribution < -0.4 is 10.1 Å². The first-order valence-electron chi connectivity index (χ1n) is 7.38. The van der Waals surface area contributed by atoms with Gasteiger partial charge in [-0.15, -0.1) is 0 Å². The average molecular weight is 346 g/mol. The van der Waals surface area contributed by atoms with Gasteiger partial charge in [0.15, 0.2) is 6.61 Å². The van der Waals surface area contributed by atoms with Gasteiger partial charge in [0, 0.05) is 11.6 Å². The number of carbonyl (C=O) groups is 1. The minimum absolute atomic E-state index is 0.0136. The maximum absolute atomic E-state index is 12.5. The molecule has 0 unspecified atom stereocenters. The van der Waals surface area contributed by atoms with Crippen molar-refractivity contribution in [2.75, 3.05) is 11.9 Å². The van der Waals surface area contributed by atoms with Crippen molar-refractivity contribution in [3.63, 3.8) is 0 Å². The molecule has 0 saturated heterocycles. The van der Waals surface area contributed by atoms with Crippen LogP contribution >= 0.6 is 0 Å². The van der Waals surface area contributed by atoms with Gasteiger partial charge in [-0.3, -0.25) is 9.78 Å². The zero-order valence-electron chi connectivity index (χ0n) is 12.9. The molecule has 1 heterocycles. The molecule has 7 heteroatoms. The Kier molecular flexibility index (Phi) is 4.56. The van der Waals surface area contributed by atoms with Gasteiger partial charge in [-0.2, -0.15) is 13.2 Å². The molecule has 0 spiro atoms. The lowest BCUT2D eigenvalue weighted by Crippen LogP contribution is -2.21. The Balaban J connectivity index is 1.86. The Bertz CT molecular complexity index is 905. The standard InChI is InChI=1S/C18H13F3N2O2/c19-18(20,21)11-25-15-9-2-1-7-13(15)17(24)23-14-8-3-5-12-6-4-10-22-16(12)14/h1-10H,11H2,(H,23,24). The fourth-order valence-electron chi connectivity index (χ4n) is 2.33. The van der Waals surface area contributed by atoms with Gasteiger partial charge in [0.25, 0.3) is 5.91 Å². The summed E-state index contributed by atoms with van der Waals surface area (Å²) in [5.74, 6) is -0.707. The molecule has 25 heavy (non-hydrogen) atoms. The van der Waals surface area contributed by atoms with Crippen molar-refractivity contribution in [3.05, 3.63) is 66.4 Å². The molecule has 2 aromatic carbocycles. The Labute approximate surface area is 141 Å². The van der Waals surface area contributed by atoms with Crippen LogP contribution in [-0.4, -0.2) is 23.7 Å². The van der Waals surface area contributed by atoms with E-state index in [2.05, 4.69) is 10.3 Å². The number of amides is 1. The van der Waals surface area contributed by atoms with Gasteiger partial charge >= 0.3 is 6.18 Å². The van der Waals surface area contributed by atoms with Gasteiger partial charge in [0.1, 0.15) is 5.75 Å². The number of aromatic nitrogens is 1. The summed E-state index contributed by atoms with van der Waals surface area (Å²) in [6, 6.07) is 14.7. The summed E-state index contributed by atoms with van der Waals surface area (Å²) in [6.45, 7) is -1.47. The third-order valence-corrected chi connectivity index (χ3v) is 3.40. The van der Waals surface area contributed by atoms with E-state index < -0.39 is 18.7 Å². The molecule has 3 rings (SSSR count). The largest absolute Gasteiger partial charge is 0.483 e. The van der Waals surface area contributed by atoms with E-state index in [0.29, 0.717) is 11.2 Å². The second-order valence-corrected chi connectivity index (χ2v) is 5.23. The first-order chi connectivity index (χ1) is 11.9. The summed E-state index contributed by atoms with van der Waals surface area (Å²) in [5, 5.41) is 3.51. The summed E-state index contributed by atoms with van der Waals surface area (Å²) < 4.78 is 41.8. The minimum atomic E-state index is -4.48. The fraction of sp³-hybridized carbons (Fsp3) is 0.111. The number of hydrogen-bond acceptors (Lipinski definition) is 3. The zero-order chi connectivity index (χ0) is 17.9. The van der Waals surface area contributed by atoms with E-state index in [9.17, 15) is 18.0 Å². The third kappa shape index (κ3) is 4.06. The summed E-state index contributed by atoms with van der Waals surface area (Å²) in [6.07, 6.45) is -2.89. The van der Waals surface area contributed by atoms with Crippen molar-refractivity contribution >= 4 is 22.5 Å². The van der Waals surface area contributed by atoms with Crippen LogP contribution in [0.1, 0.15) is 10.4 Å². The highest BCUT2D eigenvalue weighted by atomic mass is 19.4. The van der Waals surface area contributed by atoms with Gasteiger partial charge in [-0.05, 0) is 24.3 Å². The second-order valence-electron chi connectivity index (χ2n) is 5.23. The lowest BCUT2D eigenvalue weighted by molar-refractivity contribution is -0.153. The van der Waals surface area contributed by atoms with Gasteiger partial charge < -0.3 is 10.1 Å². The van der Waals surface area contributed by atoms with Gasteiger partial charge in [-0.25, -0.2) is 0 Å². The van der Waals surface area contributed by atoms with Crippen molar-refractivity contribution in [2.45, 2.75) is 6.18 Å². The van der Waals surface area contributed by atoms with Crippen LogP contribution in [0.25, 0.3) is 10.9 Å². The Morgan fingerprint density at radius 2 is 1.80 bits per heavy atom. The van der Waals surface area contributed by atoms with Gasteiger partial charge in [0.05, 0.1) is 16.8 Å². The molecule has 0 aliphatic carbocycles. The molecule has 128 valence electrons. The SMILES string of the molecule is O=C(Nc1cccc2cccnc12)c1ccccc1OCC(F)(F)F. The third-order valence-electron chi connectivity index (χ3n) is 3.40. The smallest absolute Gasteiger partial charge is 0.422 e. The molecule has 4 nitrogen and oxygen atoms in total. The Morgan fingerprint density at radius 3 is 2.60 bits per heavy atom. The number of hydrogen-bond donors (Lipinski definition) is 1. The van der Waals surface area contributed by atoms with Gasteiger partial charge in [0.2, 0.25) is 0 Å². The molecule has 0 aliphatic rings. The van der Waals surface area contributed by atoms with Crippen LogP contribution in [0.15, 0.2) is 60.8 Å². The molecule has 1 aromatic heterocycles. The maximum atomic E-state index is 12.5. The highest BCUT2D eigenvalue weighted by Crippen LogP contribution is 2.25. The number of halogens is 3. The van der Waals surface area contributed by atoms with Crippen molar-refractivity contribution in [1.82, 2.24) is 4.98 Å². The predicted octanol–water partition coefficient (Wildman–Crippen LogP) is 4.43. The number of rotatable bonds is 4. The fourth-order valence-corrected chi connectivity index (χ4v) is 2.33. The highest BCUT2D eigenvalue weighted by molar-refractivity contribution is 6.09. The molecule has 0 saturated carbocycles. The Morgan fingerprint density at radius 1 is 1.04 bits per heavy atom. The Hall–Kier alpha value is -3.09. The van der Waals surface area contributed by atoms with Crippen LogP contribution in [0.5, 0.6) is 5.75 Å². The van der Waals surface area contributed by atoms with E-state index in [1.807, 2.05) is 12.1 Å². The number of nitrogens with one attached hydrogen (secondary N) is 1. The number of ether oxygens (including phenoxy) is 1. The number of nitrogens with zero attached hydrogens (tertiary/aromatic N) is 1. The van der Waals surface area contributed by atoms with E-state index in [4.69, 9.17) is 4.74 Å². The molecular weight excluding hydrogens is 333 g/mol. The van der Waals surface area contributed by atoms with Gasteiger partial charge in [-0.1, -0.05) is 30.3 Å². The van der Waals surface area contributed by atoms with E-state index in [-0.39, 0.29) is 11.3 Å². The molecule has 3 aromatic rings. The first kappa shape index (κ1) is 16.8. The van der Waals surface area contributed by atoms with E-state index in [1.165, 1.54) is 18.2 Å². The van der Waals surface area contributed by atoms with Crippen molar-refractivity contribution in [3.8, 4) is 5.75 Å². The molecule has 0 fully saturated rings. The summed E-state index contributed by atoms with van der Waals surface area (Å²) >= 11 is 0. The summed E-state index contributed by atoms with van der Waals surface area (Å²) in [5.41, 5.74) is 1.07. The van der Waals surface area contributed by atoms with Crippen molar-refractivity contribution in [1.29, 1.82) is 0 Å². The van der Waals surface area contributed by atoms with Crippen LogP contribution in [-0.2, 0) is 0 Å². The molecule has 0 aliphatic heterocycles. The first-order valence-corrected chi connectivity index (χ1v) is 7.38. The summed E-state index contributed by atoms with van der Waals surface area (Å²) in [4.78, 5) is 16.7. The van der Waals surface area contributed by atoms with E-state index >= 15 is 0 Å². The van der Waals surface area contributed by atoms with Crippen molar-refractivity contribution in [2.24, 2.45) is 0 Å². The van der Waals surface area contributed by atoms with Crippen LogP contribution in [0.3, 0.4) is 0 Å². The van der Waals surface area contributed by atoms with Crippen LogP contribution in [0.2, 0.25) is 0 Å². The molecule has 0 bridgehead atoms. The molecule has 0 radical (unpaired) electrons. The lowest BCUT2D eigenvalue weighted by atomic mass is 10.1. The number of alkyl halides is 3. The highest BCUT2D eigenvalue weighted by Gasteiger charge is 2.29. The van der Waals surface area contributed by atoms with Crippen LogP contribution in [0, 0.1) is 0 Å². The molecule has 1 N–H and O–H groups in total. The van der Waals surface area contributed by atoms with Crippen LogP contribution in [0.4, 0.5) is 18.9 Å². The number of carbonyl (C=O) groups excluding carboxylic acids is 1. The number of para-hydroxylation sites is 2. The normalized spacial score (nSPS) is 11.3. The number of pyridine rings is 1. The summed E-state index contributed by atoms with van der Waals surface area (Å²) in [7, 11) is 0. The monoisotopic (exact) mass is 346 g/mol. The average Bonchev–Trinajstić information content (AvgIpc) is 2.60. The maximum Gasteiger partial charge on any atom is 0.422 e. The quantitative estimate of drug-likeness (QED) is 0.760. The lowest BCUT2D eigenvalue weighted by Gasteiger charge is -2.13. The zero-order valence-corrected chi connectivity index (χ0v) is 12.9. The molecular formula is C18H13F3N2O2. The van der Waals surface area contributed by atoms with E-state index in [0.717, 1.165) is 5.39 Å². The topological polar surface area (TPSA) is 51.2 Å². The number of fused-ring (bicyclic) bond motifs is 1. The second kappa shape index (κ2) is 6.80. The number of benzene rings is 2. The van der Waals surface area contributed by atoms with Crippen molar-refractivity contribution < 1.29 is 22.7 Å². The minimum Gasteiger partial charge on any atom is -0.483 e. The molecule has 1 amide bonds. The number of anilines is 1. The predicted molar refractivity (Wildman–Crippen MR) is 87.7 cm³/mol. The molecule has 0 atom stereocenters. The van der Waals surface area contributed by atoms with E-state index in [1.54, 1.807) is 30.5 Å².